The third-order valence-electron chi connectivity index (χ3n) is 3.55. The predicted molar refractivity (Wildman–Crippen MR) is 78.8 cm³/mol. The molecule has 20 heavy (non-hydrogen) atoms. The molecule has 0 aliphatic carbocycles. The lowest BCUT2D eigenvalue weighted by Gasteiger charge is -2.33. The molecule has 2 heterocycles. The van der Waals surface area contributed by atoms with Gasteiger partial charge in [0.25, 0.3) is 5.91 Å². The number of anilines is 1. The Morgan fingerprint density at radius 1 is 1.35 bits per heavy atom. The highest BCUT2D eigenvalue weighted by atomic mass is 16.2. The first-order chi connectivity index (χ1) is 9.65. The minimum atomic E-state index is -0.0381. The first kappa shape index (κ1) is 12.8. The minimum absolute atomic E-state index is 0.0216. The van der Waals surface area contributed by atoms with Gasteiger partial charge in [0.1, 0.15) is 0 Å². The predicted octanol–water partition coefficient (Wildman–Crippen LogP) is 1.92. The Kier molecular flexibility index (Phi) is 3.24. The van der Waals surface area contributed by atoms with Gasteiger partial charge in [0.15, 0.2) is 0 Å². The van der Waals surface area contributed by atoms with Crippen LogP contribution >= 0.6 is 0 Å². The number of aromatic nitrogens is 1. The number of pyridine rings is 1. The molecule has 0 radical (unpaired) electrons. The standard InChI is InChI=1S/C16H17N3O/c1-11-6-13(9-18-8-11)16(20)19-10-14(17)7-12-4-2-3-5-15(12)19/h2-6,8-9,14H,7,10,17H2,1H3. The van der Waals surface area contributed by atoms with Gasteiger partial charge in [-0.2, -0.15) is 0 Å². The Morgan fingerprint density at radius 2 is 2.15 bits per heavy atom. The fraction of sp³-hybridized carbons (Fsp3) is 0.250. The van der Waals surface area contributed by atoms with Crippen molar-refractivity contribution in [3.8, 4) is 0 Å². The van der Waals surface area contributed by atoms with Crippen molar-refractivity contribution < 1.29 is 4.79 Å². The smallest absolute Gasteiger partial charge is 0.259 e. The van der Waals surface area contributed by atoms with Gasteiger partial charge in [0, 0.05) is 30.7 Å². The summed E-state index contributed by atoms with van der Waals surface area (Å²) in [6.45, 7) is 2.48. The number of rotatable bonds is 1. The van der Waals surface area contributed by atoms with Crippen LogP contribution in [0, 0.1) is 6.92 Å². The highest BCUT2D eigenvalue weighted by Crippen LogP contribution is 2.27. The third kappa shape index (κ3) is 2.30. The summed E-state index contributed by atoms with van der Waals surface area (Å²) in [5, 5.41) is 0. The maximum Gasteiger partial charge on any atom is 0.259 e. The number of aryl methyl sites for hydroxylation is 1. The lowest BCUT2D eigenvalue weighted by molar-refractivity contribution is 0.0983. The summed E-state index contributed by atoms with van der Waals surface area (Å²) in [6, 6.07) is 9.77. The Hall–Kier alpha value is -2.20. The number of carbonyl (C=O) groups is 1. The number of para-hydroxylation sites is 1. The summed E-state index contributed by atoms with van der Waals surface area (Å²) in [6.07, 6.45) is 4.16. The molecular formula is C16H17N3O. The topological polar surface area (TPSA) is 59.2 Å². The van der Waals surface area contributed by atoms with Crippen LogP contribution in [0.2, 0.25) is 0 Å². The molecule has 1 aromatic heterocycles. The molecule has 0 saturated carbocycles. The largest absolute Gasteiger partial charge is 0.326 e. The zero-order valence-corrected chi connectivity index (χ0v) is 11.4. The van der Waals surface area contributed by atoms with Crippen molar-refractivity contribution in [3.63, 3.8) is 0 Å². The van der Waals surface area contributed by atoms with Crippen LogP contribution in [0.3, 0.4) is 0 Å². The molecule has 1 atom stereocenters. The number of hydrogen-bond acceptors (Lipinski definition) is 3. The van der Waals surface area contributed by atoms with Gasteiger partial charge < -0.3 is 10.6 Å². The molecule has 0 fully saturated rings. The van der Waals surface area contributed by atoms with Crippen molar-refractivity contribution in [2.75, 3.05) is 11.4 Å². The van der Waals surface area contributed by atoms with E-state index in [-0.39, 0.29) is 11.9 Å². The van der Waals surface area contributed by atoms with E-state index >= 15 is 0 Å². The Morgan fingerprint density at radius 3 is 2.95 bits per heavy atom. The van der Waals surface area contributed by atoms with Crippen molar-refractivity contribution >= 4 is 11.6 Å². The SMILES string of the molecule is Cc1cncc(C(=O)N2CC(N)Cc3ccccc32)c1. The molecule has 1 amide bonds. The number of amides is 1. The molecule has 2 aromatic rings. The molecule has 1 unspecified atom stereocenters. The number of nitrogens with zero attached hydrogens (tertiary/aromatic N) is 2. The van der Waals surface area contributed by atoms with E-state index in [0.717, 1.165) is 23.2 Å². The number of hydrogen-bond donors (Lipinski definition) is 1. The summed E-state index contributed by atoms with van der Waals surface area (Å²) in [5.41, 5.74) is 9.74. The first-order valence-electron chi connectivity index (χ1n) is 6.72. The van der Waals surface area contributed by atoms with E-state index in [1.807, 2.05) is 37.3 Å². The number of nitrogens with two attached hydrogens (primary N) is 1. The van der Waals surface area contributed by atoms with Gasteiger partial charge >= 0.3 is 0 Å². The molecule has 2 N–H and O–H groups in total. The van der Waals surface area contributed by atoms with Crippen molar-refractivity contribution in [3.05, 3.63) is 59.4 Å². The summed E-state index contributed by atoms with van der Waals surface area (Å²) in [7, 11) is 0. The molecule has 4 nitrogen and oxygen atoms in total. The van der Waals surface area contributed by atoms with Gasteiger partial charge in [-0.1, -0.05) is 18.2 Å². The van der Waals surface area contributed by atoms with Gasteiger partial charge in [-0.05, 0) is 36.6 Å². The molecule has 1 aliphatic rings. The maximum atomic E-state index is 12.7. The molecule has 102 valence electrons. The number of fused-ring (bicyclic) bond motifs is 1. The Bertz CT molecular complexity index is 654. The maximum absolute atomic E-state index is 12.7. The summed E-state index contributed by atoms with van der Waals surface area (Å²) in [4.78, 5) is 18.6. The molecule has 4 heteroatoms. The second-order valence-corrected chi connectivity index (χ2v) is 5.26. The molecule has 1 aliphatic heterocycles. The average molecular weight is 267 g/mol. The first-order valence-corrected chi connectivity index (χ1v) is 6.72. The zero-order valence-electron chi connectivity index (χ0n) is 11.4. The van der Waals surface area contributed by atoms with Crippen molar-refractivity contribution in [2.45, 2.75) is 19.4 Å². The monoisotopic (exact) mass is 267 g/mol. The van der Waals surface area contributed by atoms with Crippen LogP contribution in [0.15, 0.2) is 42.7 Å². The van der Waals surface area contributed by atoms with Crippen molar-refractivity contribution in [1.82, 2.24) is 4.98 Å². The minimum Gasteiger partial charge on any atom is -0.326 e. The molecule has 0 bridgehead atoms. The summed E-state index contributed by atoms with van der Waals surface area (Å²) >= 11 is 0. The third-order valence-corrected chi connectivity index (χ3v) is 3.55. The van der Waals surface area contributed by atoms with Gasteiger partial charge in [0.2, 0.25) is 0 Å². The second-order valence-electron chi connectivity index (χ2n) is 5.26. The van der Waals surface area contributed by atoms with Gasteiger partial charge in [-0.15, -0.1) is 0 Å². The lowest BCUT2D eigenvalue weighted by atomic mass is 9.98. The van der Waals surface area contributed by atoms with Gasteiger partial charge in [0.05, 0.1) is 5.56 Å². The van der Waals surface area contributed by atoms with E-state index in [0.29, 0.717) is 12.1 Å². The van der Waals surface area contributed by atoms with E-state index in [1.165, 1.54) is 0 Å². The lowest BCUT2D eigenvalue weighted by Crippen LogP contribution is -2.46. The molecular weight excluding hydrogens is 250 g/mol. The van der Waals surface area contributed by atoms with Crippen molar-refractivity contribution in [1.29, 1.82) is 0 Å². The van der Waals surface area contributed by atoms with Gasteiger partial charge in [-0.25, -0.2) is 0 Å². The van der Waals surface area contributed by atoms with Crippen LogP contribution in [-0.4, -0.2) is 23.5 Å². The fourth-order valence-corrected chi connectivity index (χ4v) is 2.65. The van der Waals surface area contributed by atoms with Gasteiger partial charge in [-0.3, -0.25) is 9.78 Å². The number of carbonyl (C=O) groups excluding carboxylic acids is 1. The molecule has 0 spiro atoms. The Labute approximate surface area is 118 Å². The number of benzene rings is 1. The van der Waals surface area contributed by atoms with Crippen LogP contribution in [0.5, 0.6) is 0 Å². The van der Waals surface area contributed by atoms with E-state index in [2.05, 4.69) is 4.98 Å². The Balaban J connectivity index is 2.00. The average Bonchev–Trinajstić information content (AvgIpc) is 2.45. The van der Waals surface area contributed by atoms with E-state index in [9.17, 15) is 4.79 Å². The summed E-state index contributed by atoms with van der Waals surface area (Å²) in [5.74, 6) is -0.0381. The fourth-order valence-electron chi connectivity index (χ4n) is 2.65. The van der Waals surface area contributed by atoms with Crippen LogP contribution in [0.4, 0.5) is 5.69 Å². The molecule has 3 rings (SSSR count). The second kappa shape index (κ2) is 5.06. The molecule has 0 saturated heterocycles. The molecule has 1 aromatic carbocycles. The van der Waals surface area contributed by atoms with Crippen molar-refractivity contribution in [2.24, 2.45) is 5.73 Å². The summed E-state index contributed by atoms with van der Waals surface area (Å²) < 4.78 is 0. The van der Waals surface area contributed by atoms with Crippen LogP contribution in [0.25, 0.3) is 0 Å². The van der Waals surface area contributed by atoms with Crippen LogP contribution in [-0.2, 0) is 6.42 Å². The van der Waals surface area contributed by atoms with E-state index < -0.39 is 0 Å². The van der Waals surface area contributed by atoms with E-state index in [4.69, 9.17) is 5.73 Å². The van der Waals surface area contributed by atoms with E-state index in [1.54, 1.807) is 17.3 Å². The quantitative estimate of drug-likeness (QED) is 0.858. The zero-order chi connectivity index (χ0) is 14.1. The normalized spacial score (nSPS) is 17.7. The highest BCUT2D eigenvalue weighted by molar-refractivity contribution is 6.06. The highest BCUT2D eigenvalue weighted by Gasteiger charge is 2.27. The van der Waals surface area contributed by atoms with Crippen LogP contribution < -0.4 is 10.6 Å². The van der Waals surface area contributed by atoms with Crippen LogP contribution in [0.1, 0.15) is 21.5 Å².